The van der Waals surface area contributed by atoms with Crippen molar-refractivity contribution >= 4 is 5.96 Å². The molecule has 0 amide bonds. The number of benzene rings is 1. The van der Waals surface area contributed by atoms with Crippen LogP contribution in [-0.2, 0) is 17.5 Å². The Kier molecular flexibility index (Phi) is 5.65. The Morgan fingerprint density at radius 2 is 2.00 bits per heavy atom. The highest BCUT2D eigenvalue weighted by Crippen LogP contribution is 2.29. The minimum Gasteiger partial charge on any atom is -0.376 e. The van der Waals surface area contributed by atoms with Crippen LogP contribution in [0.5, 0.6) is 0 Å². The molecule has 1 atom stereocenters. The first-order valence-corrected chi connectivity index (χ1v) is 7.21. The molecule has 0 radical (unpaired) electrons. The van der Waals surface area contributed by atoms with Crippen molar-refractivity contribution in [3.8, 4) is 0 Å². The van der Waals surface area contributed by atoms with Gasteiger partial charge in [0.15, 0.2) is 5.96 Å². The van der Waals surface area contributed by atoms with Crippen LogP contribution in [0.25, 0.3) is 0 Å². The van der Waals surface area contributed by atoms with Crippen molar-refractivity contribution in [2.45, 2.75) is 31.7 Å². The average molecular weight is 315 g/mol. The van der Waals surface area contributed by atoms with Gasteiger partial charge < -0.3 is 15.4 Å². The third kappa shape index (κ3) is 4.91. The number of halogens is 3. The molecule has 2 N–H and O–H groups in total. The molecule has 1 aromatic rings. The molecule has 1 fully saturated rings. The molecule has 2 rings (SSSR count). The first-order valence-electron chi connectivity index (χ1n) is 7.21. The van der Waals surface area contributed by atoms with Crippen LogP contribution < -0.4 is 10.6 Å². The smallest absolute Gasteiger partial charge is 0.376 e. The monoisotopic (exact) mass is 315 g/mol. The third-order valence-electron chi connectivity index (χ3n) is 3.49. The van der Waals surface area contributed by atoms with Crippen LogP contribution in [0, 0.1) is 0 Å². The van der Waals surface area contributed by atoms with Gasteiger partial charge in [-0.3, -0.25) is 4.99 Å². The van der Waals surface area contributed by atoms with Crippen LogP contribution in [0.1, 0.15) is 24.0 Å². The Hall–Kier alpha value is -1.76. The van der Waals surface area contributed by atoms with Crippen LogP contribution >= 0.6 is 0 Å². The lowest BCUT2D eigenvalue weighted by molar-refractivity contribution is -0.137. The molecule has 1 aliphatic heterocycles. The third-order valence-corrected chi connectivity index (χ3v) is 3.49. The van der Waals surface area contributed by atoms with Crippen LogP contribution in [0.4, 0.5) is 13.2 Å². The predicted octanol–water partition coefficient (Wildman–Crippen LogP) is 2.55. The largest absolute Gasteiger partial charge is 0.416 e. The lowest BCUT2D eigenvalue weighted by atomic mass is 10.1. The standard InChI is InChI=1S/C15H20F3N3O/c1-19-14(21-10-13-3-2-8-22-13)20-9-11-4-6-12(7-5-11)15(16,17)18/h4-7,13H,2-3,8-10H2,1H3,(H2,19,20,21). The first kappa shape index (κ1) is 16.6. The minimum absolute atomic E-state index is 0.199. The maximum atomic E-state index is 12.5. The molecule has 1 saturated heterocycles. The molecule has 0 bridgehead atoms. The summed E-state index contributed by atoms with van der Waals surface area (Å²) >= 11 is 0. The molecule has 1 aromatic carbocycles. The summed E-state index contributed by atoms with van der Waals surface area (Å²) in [6.45, 7) is 1.87. The van der Waals surface area contributed by atoms with E-state index in [4.69, 9.17) is 4.74 Å². The molecule has 0 saturated carbocycles. The van der Waals surface area contributed by atoms with Crippen LogP contribution in [0.15, 0.2) is 29.3 Å². The first-order chi connectivity index (χ1) is 10.5. The quantitative estimate of drug-likeness (QED) is 0.663. The summed E-state index contributed by atoms with van der Waals surface area (Å²) in [5.74, 6) is 0.607. The summed E-state index contributed by atoms with van der Waals surface area (Å²) in [6.07, 6.45) is -2.00. The number of nitrogens with one attached hydrogen (secondary N) is 2. The zero-order valence-corrected chi connectivity index (χ0v) is 12.4. The molecular weight excluding hydrogens is 295 g/mol. The summed E-state index contributed by atoms with van der Waals surface area (Å²) in [5.41, 5.74) is 0.116. The molecule has 1 aliphatic rings. The van der Waals surface area contributed by atoms with Crippen molar-refractivity contribution in [1.82, 2.24) is 10.6 Å². The van der Waals surface area contributed by atoms with Crippen LogP contribution in [0.3, 0.4) is 0 Å². The lowest BCUT2D eigenvalue weighted by Gasteiger charge is -2.15. The second-order valence-corrected chi connectivity index (χ2v) is 5.14. The van der Waals surface area contributed by atoms with Gasteiger partial charge in [0.2, 0.25) is 0 Å². The van der Waals surface area contributed by atoms with Gasteiger partial charge in [0.05, 0.1) is 11.7 Å². The highest BCUT2D eigenvalue weighted by Gasteiger charge is 2.29. The summed E-state index contributed by atoms with van der Waals surface area (Å²) < 4.78 is 42.9. The summed E-state index contributed by atoms with van der Waals surface area (Å²) in [6, 6.07) is 5.09. The van der Waals surface area contributed by atoms with Crippen LogP contribution in [-0.4, -0.2) is 32.3 Å². The van der Waals surface area contributed by atoms with E-state index in [1.54, 1.807) is 7.05 Å². The fourth-order valence-electron chi connectivity index (χ4n) is 2.23. The molecule has 1 heterocycles. The molecule has 122 valence electrons. The van der Waals surface area contributed by atoms with E-state index in [0.29, 0.717) is 19.0 Å². The topological polar surface area (TPSA) is 45.7 Å². The van der Waals surface area contributed by atoms with Gasteiger partial charge in [-0.25, -0.2) is 0 Å². The number of rotatable bonds is 4. The summed E-state index contributed by atoms with van der Waals surface area (Å²) in [4.78, 5) is 4.08. The highest BCUT2D eigenvalue weighted by molar-refractivity contribution is 5.79. The number of aliphatic imine (C=N–C) groups is 1. The predicted molar refractivity (Wildman–Crippen MR) is 78.6 cm³/mol. The maximum absolute atomic E-state index is 12.5. The van der Waals surface area contributed by atoms with Gasteiger partial charge in [-0.2, -0.15) is 13.2 Å². The van der Waals surface area contributed by atoms with Crippen molar-refractivity contribution in [2.24, 2.45) is 4.99 Å². The van der Waals surface area contributed by atoms with Gasteiger partial charge in [-0.05, 0) is 30.5 Å². The summed E-state index contributed by atoms with van der Waals surface area (Å²) in [5, 5.41) is 6.22. The molecule has 0 spiro atoms. The van der Waals surface area contributed by atoms with Gasteiger partial charge in [-0.15, -0.1) is 0 Å². The van der Waals surface area contributed by atoms with Crippen molar-refractivity contribution in [3.63, 3.8) is 0 Å². The molecule has 22 heavy (non-hydrogen) atoms. The fourth-order valence-corrected chi connectivity index (χ4v) is 2.23. The molecule has 7 heteroatoms. The van der Waals surface area contributed by atoms with E-state index in [9.17, 15) is 13.2 Å². The Bertz CT molecular complexity index is 494. The summed E-state index contributed by atoms with van der Waals surface area (Å²) in [7, 11) is 1.65. The van der Waals surface area contributed by atoms with Crippen LogP contribution in [0.2, 0.25) is 0 Å². The lowest BCUT2D eigenvalue weighted by Crippen LogP contribution is -2.40. The van der Waals surface area contributed by atoms with E-state index in [-0.39, 0.29) is 6.10 Å². The van der Waals surface area contributed by atoms with Gasteiger partial charge in [0.25, 0.3) is 0 Å². The zero-order valence-electron chi connectivity index (χ0n) is 12.4. The highest BCUT2D eigenvalue weighted by atomic mass is 19.4. The average Bonchev–Trinajstić information content (AvgIpc) is 3.00. The van der Waals surface area contributed by atoms with E-state index in [2.05, 4.69) is 15.6 Å². The number of guanidine groups is 1. The number of ether oxygens (including phenoxy) is 1. The molecular formula is C15H20F3N3O. The van der Waals surface area contributed by atoms with Crippen molar-refractivity contribution in [3.05, 3.63) is 35.4 Å². The molecule has 0 aromatic heterocycles. The Balaban J connectivity index is 1.80. The SMILES string of the molecule is CN=C(NCc1ccc(C(F)(F)F)cc1)NCC1CCCO1. The Morgan fingerprint density at radius 1 is 1.27 bits per heavy atom. The van der Waals surface area contributed by atoms with Gasteiger partial charge >= 0.3 is 6.18 Å². The number of alkyl halides is 3. The van der Waals surface area contributed by atoms with Gasteiger partial charge in [-0.1, -0.05) is 12.1 Å². The van der Waals surface area contributed by atoms with Gasteiger partial charge in [0.1, 0.15) is 0 Å². The van der Waals surface area contributed by atoms with Crippen molar-refractivity contribution < 1.29 is 17.9 Å². The van der Waals surface area contributed by atoms with E-state index < -0.39 is 11.7 Å². The fraction of sp³-hybridized carbons (Fsp3) is 0.533. The van der Waals surface area contributed by atoms with E-state index in [0.717, 1.165) is 37.1 Å². The second kappa shape index (κ2) is 7.49. The van der Waals surface area contributed by atoms with E-state index in [1.165, 1.54) is 12.1 Å². The Morgan fingerprint density at radius 3 is 2.55 bits per heavy atom. The normalized spacial score (nSPS) is 19.3. The van der Waals surface area contributed by atoms with E-state index >= 15 is 0 Å². The second-order valence-electron chi connectivity index (χ2n) is 5.14. The maximum Gasteiger partial charge on any atom is 0.416 e. The number of nitrogens with zero attached hydrogens (tertiary/aromatic N) is 1. The zero-order chi connectivity index (χ0) is 16.0. The van der Waals surface area contributed by atoms with E-state index in [1.807, 2.05) is 0 Å². The molecule has 4 nitrogen and oxygen atoms in total. The molecule has 1 unspecified atom stereocenters. The number of hydrogen-bond acceptors (Lipinski definition) is 2. The Labute approximate surface area is 127 Å². The number of hydrogen-bond donors (Lipinski definition) is 2. The van der Waals surface area contributed by atoms with Crippen molar-refractivity contribution in [2.75, 3.05) is 20.2 Å². The molecule has 0 aliphatic carbocycles. The minimum atomic E-state index is -4.30. The van der Waals surface area contributed by atoms with Gasteiger partial charge in [0, 0.05) is 26.7 Å². The van der Waals surface area contributed by atoms with Crippen molar-refractivity contribution in [1.29, 1.82) is 0 Å².